The highest BCUT2D eigenvalue weighted by Gasteiger charge is 2.48. The topological polar surface area (TPSA) is 476 Å². The third-order valence-corrected chi connectivity index (χ3v) is 31.3. The summed E-state index contributed by atoms with van der Waals surface area (Å²) < 4.78 is 34.6. The second kappa shape index (κ2) is 48.0. The number of aliphatic hydroxyl groups excluding tert-OH is 2. The molecule has 149 heavy (non-hydrogen) atoms. The molecule has 0 aliphatic carbocycles. The van der Waals surface area contributed by atoms with Gasteiger partial charge in [-0.1, -0.05) is 100 Å². The molecule has 4 amide bonds. The number of rotatable bonds is 35. The van der Waals surface area contributed by atoms with E-state index in [1.807, 2.05) is 164 Å². The van der Waals surface area contributed by atoms with Crippen LogP contribution >= 0.6 is 22.7 Å². The third kappa shape index (κ3) is 24.9. The molecule has 4 unspecified atom stereocenters. The standard InChI is InChI=1S/C54H66N12O7S.C27H34N8O2.C27H32N4O6S/c1-33(2)50(54(70)65-31-41(67)26-45(65)53(69)58-34(3)36-9-11-37(12-10-36)51-35(4)57-32-74-51)47-28-49(61-73-47)72-24-22-63-19-17-62(18-20-63)21-23-71-48-25-38(15-16-56-48)66-39-13-14-40(66)30-64(29-39)44-27-43(59-60-52(44)55)42-7-5-6-8-46(42)68;28-27-24(16-23(31-32-27)22-3-1-2-4-25(22)36)34-17-20-5-6-21(18-34)35(20)19-7-8-30-26(15-19)37-14-13-33-11-9-29-10-12-33;1-15(2)24(22-12-23(30-37-22)36-10-9-32)27(35)31-13-20(33)11-21(31)26(34)29-16(3)18-5-7-19(8-6-18)25-17(4)28-14-38-25/h5-12,15-16,25,27-28,32-34,39-41,45,50,67-68H,13-14,17-24,26,29-31H2,1-4H3,(H2,55,60)(H,58,69);1-4,7-8,15-16,20-21,29,36H,5-6,9-14,17-18H2,(H2,28,32);5-9,12,14-16,20-21,24,33H,10-11,13H2,1-4H3,(H,29,34)/t34-,39?,40?,41+,45-,50+;;16-,20+,21-,24+/m0.0/s1. The molecule has 0 spiro atoms. The number of aliphatic hydroxyl groups is 2. The Bertz CT molecular complexity index is 6530. The normalized spacial score (nSPS) is 20.7. The number of fused-ring (bicyclic) bond motifs is 4. The van der Waals surface area contributed by atoms with Crippen LogP contribution in [0.1, 0.15) is 138 Å². The van der Waals surface area contributed by atoms with Crippen molar-refractivity contribution in [3.8, 4) is 78.4 Å². The lowest BCUT2D eigenvalue weighted by Gasteiger charge is -2.43. The zero-order valence-corrected chi connectivity index (χ0v) is 86.8. The minimum absolute atomic E-state index is 0.0417. The molecule has 8 aliphatic rings. The molecule has 41 heteroatoms. The maximum Gasteiger partial charge on any atom is 0.254 e. The first kappa shape index (κ1) is 105. The number of aldehydes is 1. The number of hydrogen-bond donors (Lipinski definition) is 9. The van der Waals surface area contributed by atoms with Crippen LogP contribution < -0.4 is 66.0 Å². The average molecular weight is 2070 g/mol. The van der Waals surface area contributed by atoms with Gasteiger partial charge in [-0.3, -0.25) is 38.7 Å². The fourth-order valence-electron chi connectivity index (χ4n) is 21.6. The van der Waals surface area contributed by atoms with Crippen molar-refractivity contribution in [2.45, 2.75) is 166 Å². The fourth-order valence-corrected chi connectivity index (χ4v) is 23.2. The number of para-hydroxylation sites is 2. The Hall–Kier alpha value is -14.1. The summed E-state index contributed by atoms with van der Waals surface area (Å²) in [6, 6.07) is 44.6. The van der Waals surface area contributed by atoms with Crippen molar-refractivity contribution in [2.24, 2.45) is 11.8 Å². The maximum atomic E-state index is 14.2. The molecule has 8 saturated heterocycles. The molecule has 0 saturated carbocycles. The number of piperazine rings is 4. The number of likely N-dealkylation sites (tertiary alicyclic amines) is 2. The number of nitrogens with zero attached hydrogens (tertiary/aromatic N) is 19. The summed E-state index contributed by atoms with van der Waals surface area (Å²) in [6.45, 7) is 30.2. The number of pyridine rings is 2. The molecular formula is C108H132N24O15S2. The fraction of sp³-hybridized carbons (Fsp3) is 0.454. The largest absolute Gasteiger partial charge is 0.507 e. The number of β-amino-alcohol motifs (C(OH)–C–C–N with tert-alkyl or cyclic N) is 2. The smallest absolute Gasteiger partial charge is 0.254 e. The van der Waals surface area contributed by atoms with E-state index in [0.29, 0.717) is 102 Å². The van der Waals surface area contributed by atoms with Crippen molar-refractivity contribution in [1.29, 1.82) is 0 Å². The van der Waals surface area contributed by atoms with Gasteiger partial charge in [0.05, 0.1) is 79.2 Å². The molecule has 786 valence electrons. The van der Waals surface area contributed by atoms with Gasteiger partial charge in [0.1, 0.15) is 61.8 Å². The molecule has 0 radical (unpaired) electrons. The van der Waals surface area contributed by atoms with E-state index in [1.54, 1.807) is 53.0 Å². The van der Waals surface area contributed by atoms with E-state index in [1.165, 1.54) is 15.9 Å². The number of thiazole rings is 2. The van der Waals surface area contributed by atoms with E-state index in [2.05, 4.69) is 125 Å². The first-order chi connectivity index (χ1) is 72.2. The van der Waals surface area contributed by atoms with Crippen LogP contribution in [0.4, 0.5) is 34.4 Å². The van der Waals surface area contributed by atoms with Crippen molar-refractivity contribution in [2.75, 3.05) is 169 Å². The van der Waals surface area contributed by atoms with Gasteiger partial charge in [0.15, 0.2) is 29.4 Å². The van der Waals surface area contributed by atoms with Gasteiger partial charge in [-0.2, -0.15) is 0 Å². The number of carbonyl (C=O) groups is 5. The van der Waals surface area contributed by atoms with Crippen molar-refractivity contribution >= 4 is 87.0 Å². The zero-order chi connectivity index (χ0) is 104. The molecular weight excluding hydrogens is 1940 g/mol. The predicted molar refractivity (Wildman–Crippen MR) is 567 cm³/mol. The molecule has 4 bridgehead atoms. The third-order valence-electron chi connectivity index (χ3n) is 29.4. The Morgan fingerprint density at radius 2 is 0.872 bits per heavy atom. The Balaban J connectivity index is 0.000000162. The Labute approximate surface area is 873 Å². The van der Waals surface area contributed by atoms with Gasteiger partial charge in [-0.15, -0.1) is 43.1 Å². The summed E-state index contributed by atoms with van der Waals surface area (Å²) in [7, 11) is 0. The predicted octanol–water partition coefficient (Wildman–Crippen LogP) is 11.0. The summed E-state index contributed by atoms with van der Waals surface area (Å²) in [5.74, 6) is 0.359. The number of amides is 4. The van der Waals surface area contributed by atoms with Crippen LogP contribution in [0.5, 0.6) is 35.0 Å². The number of phenols is 2. The van der Waals surface area contributed by atoms with E-state index in [0.717, 1.165) is 183 Å². The molecule has 12 atom stereocenters. The Morgan fingerprint density at radius 1 is 0.483 bits per heavy atom. The van der Waals surface area contributed by atoms with E-state index < -0.39 is 36.1 Å². The van der Waals surface area contributed by atoms with Gasteiger partial charge >= 0.3 is 0 Å². The second-order valence-electron chi connectivity index (χ2n) is 40.0. The minimum atomic E-state index is -0.830. The molecule has 8 fully saturated rings. The second-order valence-corrected chi connectivity index (χ2v) is 41.7. The molecule has 8 aromatic heterocycles. The van der Waals surface area contributed by atoms with Gasteiger partial charge in [0.2, 0.25) is 35.4 Å². The van der Waals surface area contributed by atoms with Gasteiger partial charge in [-0.05, 0) is 146 Å². The van der Waals surface area contributed by atoms with Crippen molar-refractivity contribution < 1.29 is 72.4 Å². The highest BCUT2D eigenvalue weighted by Crippen LogP contribution is 2.45. The number of carbonyl (C=O) groups excluding carboxylic acids is 5. The molecule has 12 aromatic rings. The van der Waals surface area contributed by atoms with Gasteiger partial charge in [0, 0.05) is 207 Å². The van der Waals surface area contributed by atoms with Crippen molar-refractivity contribution in [3.63, 3.8) is 0 Å². The maximum absolute atomic E-state index is 14.2. The monoisotopic (exact) mass is 2070 g/mol. The van der Waals surface area contributed by atoms with Gasteiger partial charge in [0.25, 0.3) is 11.8 Å². The number of anilines is 6. The van der Waals surface area contributed by atoms with Gasteiger partial charge in [-0.25, -0.2) is 19.9 Å². The Kier molecular flexibility index (Phi) is 33.8. The molecule has 8 aliphatic heterocycles. The van der Waals surface area contributed by atoms with Crippen LogP contribution in [-0.4, -0.2) is 312 Å². The average Bonchev–Trinajstić information content (AvgIpc) is 1.70. The molecule has 16 heterocycles. The number of aromatic nitrogens is 10. The van der Waals surface area contributed by atoms with Crippen LogP contribution in [0.2, 0.25) is 0 Å². The number of nitrogen functional groups attached to an aromatic ring is 2. The SMILES string of the molecule is Cc1ncsc1-c1ccc([C@H](C)NC(=O)[C@@H]2C[C@@H](O)CN2C(=O)[C@@H](c2cc(OCC=O)no2)C(C)C)cc1.Cc1ncsc1-c1ccc([C@H](C)NC(=O)[C@@H]2C[C@@H](O)CN2C(=O)[C@@H](c2cc(OCCN3CCN(CCOc4cc(N5C6CCC5CN(c5cc(-c7ccccc7O)nnc5N)C6)ccn4)CC3)no2)C(C)C)cc1.Nc1nnc(-c2ccccc2O)cc1N1CC2CCC(C1)N2c1ccnc(OCCN2CCNCC2)c1. The quantitative estimate of drug-likeness (QED) is 0.0167. The Morgan fingerprint density at radius 3 is 1.26 bits per heavy atom. The summed E-state index contributed by atoms with van der Waals surface area (Å²) in [6.07, 6.45) is 7.28. The summed E-state index contributed by atoms with van der Waals surface area (Å²) >= 11 is 3.17. The lowest BCUT2D eigenvalue weighted by atomic mass is 9.91. The molecule has 11 N–H and O–H groups in total. The zero-order valence-electron chi connectivity index (χ0n) is 85.2. The number of aromatic hydroxyl groups is 2. The van der Waals surface area contributed by atoms with E-state index in [9.17, 15) is 44.4 Å². The highest BCUT2D eigenvalue weighted by molar-refractivity contribution is 7.13. The number of hydrogen-bond acceptors (Lipinski definition) is 37. The summed E-state index contributed by atoms with van der Waals surface area (Å²) in [4.78, 5) is 105. The van der Waals surface area contributed by atoms with Gasteiger partial charge < -0.3 is 105 Å². The van der Waals surface area contributed by atoms with E-state index in [-0.39, 0.29) is 115 Å². The first-order valence-electron chi connectivity index (χ1n) is 51.4. The molecule has 20 rings (SSSR count). The van der Waals surface area contributed by atoms with Crippen LogP contribution in [0.25, 0.3) is 43.4 Å². The number of benzene rings is 4. The van der Waals surface area contributed by atoms with E-state index >= 15 is 0 Å². The molecule has 4 aromatic carbocycles. The summed E-state index contributed by atoms with van der Waals surface area (Å²) in [5.41, 5.74) is 28.7. The molecule has 39 nitrogen and oxygen atoms in total. The number of nitrogens with one attached hydrogen (secondary N) is 3. The minimum Gasteiger partial charge on any atom is -0.507 e. The van der Waals surface area contributed by atoms with Crippen LogP contribution in [0.15, 0.2) is 178 Å². The van der Waals surface area contributed by atoms with Crippen LogP contribution in [-0.2, 0) is 24.0 Å². The van der Waals surface area contributed by atoms with Crippen LogP contribution in [0.3, 0.4) is 0 Å². The van der Waals surface area contributed by atoms with Crippen molar-refractivity contribution in [3.05, 3.63) is 203 Å². The van der Waals surface area contributed by atoms with Crippen molar-refractivity contribution in [1.82, 2.24) is 91.1 Å². The first-order valence-corrected chi connectivity index (χ1v) is 53.1. The van der Waals surface area contributed by atoms with E-state index in [4.69, 9.17) is 39.5 Å². The number of aryl methyl sites for hydroxylation is 2. The summed E-state index contributed by atoms with van der Waals surface area (Å²) in [5, 5.41) is 76.3. The van der Waals surface area contributed by atoms with Crippen LogP contribution in [0, 0.1) is 25.7 Å². The lowest BCUT2D eigenvalue weighted by Crippen LogP contribution is -2.54. The number of phenolic OH excluding ortho intramolecular Hbond substituents is 2. The number of ether oxygens (including phenoxy) is 4. The number of nitrogens with two attached hydrogens (primary N) is 2. The highest BCUT2D eigenvalue weighted by atomic mass is 32.1. The lowest BCUT2D eigenvalue weighted by molar-refractivity contribution is -0.141.